The lowest BCUT2D eigenvalue weighted by atomic mass is 9.78. The van der Waals surface area contributed by atoms with Crippen molar-refractivity contribution in [2.45, 2.75) is 31.2 Å². The van der Waals surface area contributed by atoms with Crippen molar-refractivity contribution in [3.63, 3.8) is 0 Å². The van der Waals surface area contributed by atoms with Crippen LogP contribution in [0.3, 0.4) is 0 Å². The van der Waals surface area contributed by atoms with Crippen LogP contribution in [0.5, 0.6) is 0 Å². The summed E-state index contributed by atoms with van der Waals surface area (Å²) in [5.74, 6) is 1.30. The minimum Gasteiger partial charge on any atom is -0.337 e. The summed E-state index contributed by atoms with van der Waals surface area (Å²) in [6.07, 6.45) is 3.73. The van der Waals surface area contributed by atoms with Crippen LogP contribution in [0.25, 0.3) is 0 Å². The van der Waals surface area contributed by atoms with Gasteiger partial charge in [-0.3, -0.25) is 0 Å². The lowest BCUT2D eigenvalue weighted by Gasteiger charge is -2.33. The number of nitrogens with two attached hydrogens (primary N) is 1. The molecule has 0 amide bonds. The highest BCUT2D eigenvalue weighted by atomic mass is 16.5. The molecular formula is C13H15N3O. The van der Waals surface area contributed by atoms with Crippen molar-refractivity contribution in [1.29, 1.82) is 0 Å². The second-order valence-electron chi connectivity index (χ2n) is 4.69. The molecule has 0 spiro atoms. The molecule has 1 fully saturated rings. The average Bonchev–Trinajstić information content (AvgIpc) is 2.76. The van der Waals surface area contributed by atoms with Crippen LogP contribution in [-0.4, -0.2) is 10.1 Å². The van der Waals surface area contributed by atoms with Gasteiger partial charge in [0.25, 0.3) is 0 Å². The second kappa shape index (κ2) is 3.96. The van der Waals surface area contributed by atoms with Crippen LogP contribution >= 0.6 is 0 Å². The monoisotopic (exact) mass is 229 g/mol. The molecule has 0 unspecified atom stereocenters. The summed E-state index contributed by atoms with van der Waals surface area (Å²) >= 11 is 0. The largest absolute Gasteiger partial charge is 0.337 e. The van der Waals surface area contributed by atoms with Crippen LogP contribution in [0.2, 0.25) is 0 Å². The molecule has 4 nitrogen and oxygen atoms in total. The zero-order chi connectivity index (χ0) is 11.7. The average molecular weight is 229 g/mol. The molecule has 1 aliphatic carbocycles. The van der Waals surface area contributed by atoms with Gasteiger partial charge in [0, 0.05) is 6.42 Å². The van der Waals surface area contributed by atoms with Crippen molar-refractivity contribution in [3.05, 3.63) is 47.6 Å². The van der Waals surface area contributed by atoms with Gasteiger partial charge in [-0.15, -0.1) is 0 Å². The molecule has 2 aromatic rings. The minimum absolute atomic E-state index is 0.359. The van der Waals surface area contributed by atoms with Crippen molar-refractivity contribution in [2.75, 3.05) is 0 Å². The summed E-state index contributed by atoms with van der Waals surface area (Å²) in [5, 5.41) is 3.99. The third-order valence-corrected chi connectivity index (χ3v) is 3.34. The van der Waals surface area contributed by atoms with E-state index in [1.54, 1.807) is 0 Å². The van der Waals surface area contributed by atoms with Gasteiger partial charge in [0.1, 0.15) is 0 Å². The number of nitrogens with zero attached hydrogens (tertiary/aromatic N) is 2. The van der Waals surface area contributed by atoms with Gasteiger partial charge in [0.15, 0.2) is 5.82 Å². The van der Waals surface area contributed by atoms with Crippen LogP contribution in [0.4, 0.5) is 0 Å². The van der Waals surface area contributed by atoms with Crippen LogP contribution in [-0.2, 0) is 12.0 Å². The van der Waals surface area contributed by atoms with E-state index >= 15 is 0 Å². The number of hydrogen-bond acceptors (Lipinski definition) is 4. The Labute approximate surface area is 99.8 Å². The van der Waals surface area contributed by atoms with E-state index in [1.807, 2.05) is 18.2 Å². The van der Waals surface area contributed by atoms with Crippen LogP contribution in [0.1, 0.15) is 36.5 Å². The SMILES string of the molecule is NC1(c2nc(Cc3ccccc3)no2)CCC1. The second-order valence-corrected chi connectivity index (χ2v) is 4.69. The van der Waals surface area contributed by atoms with Crippen molar-refractivity contribution in [3.8, 4) is 0 Å². The Hall–Kier alpha value is -1.68. The van der Waals surface area contributed by atoms with Crippen molar-refractivity contribution < 1.29 is 4.52 Å². The van der Waals surface area contributed by atoms with Gasteiger partial charge in [-0.1, -0.05) is 35.5 Å². The molecule has 1 aromatic carbocycles. The van der Waals surface area contributed by atoms with Gasteiger partial charge in [0.05, 0.1) is 5.54 Å². The van der Waals surface area contributed by atoms with E-state index in [4.69, 9.17) is 10.3 Å². The molecule has 1 aromatic heterocycles. The number of hydrogen-bond donors (Lipinski definition) is 1. The highest BCUT2D eigenvalue weighted by Gasteiger charge is 2.39. The van der Waals surface area contributed by atoms with Crippen molar-refractivity contribution in [2.24, 2.45) is 5.73 Å². The third kappa shape index (κ3) is 1.96. The van der Waals surface area contributed by atoms with E-state index in [0.29, 0.717) is 18.1 Å². The van der Waals surface area contributed by atoms with Crippen LogP contribution in [0.15, 0.2) is 34.9 Å². The first-order valence-corrected chi connectivity index (χ1v) is 5.92. The summed E-state index contributed by atoms with van der Waals surface area (Å²) in [7, 11) is 0. The van der Waals surface area contributed by atoms with E-state index in [2.05, 4.69) is 22.3 Å². The summed E-state index contributed by atoms with van der Waals surface area (Å²) in [4.78, 5) is 4.40. The Kier molecular flexibility index (Phi) is 2.44. The summed E-state index contributed by atoms with van der Waals surface area (Å²) < 4.78 is 5.26. The molecule has 0 atom stereocenters. The third-order valence-electron chi connectivity index (χ3n) is 3.34. The zero-order valence-electron chi connectivity index (χ0n) is 9.60. The highest BCUT2D eigenvalue weighted by Crippen LogP contribution is 2.37. The Bertz CT molecular complexity index is 502. The fraction of sp³-hybridized carbons (Fsp3) is 0.385. The van der Waals surface area contributed by atoms with Gasteiger partial charge in [0.2, 0.25) is 5.89 Å². The van der Waals surface area contributed by atoms with Gasteiger partial charge in [-0.25, -0.2) is 0 Å². The lowest BCUT2D eigenvalue weighted by molar-refractivity contribution is 0.181. The van der Waals surface area contributed by atoms with E-state index in [0.717, 1.165) is 19.3 Å². The van der Waals surface area contributed by atoms with Gasteiger partial charge in [-0.05, 0) is 24.8 Å². The molecule has 0 bridgehead atoms. The summed E-state index contributed by atoms with van der Waals surface area (Å²) in [6, 6.07) is 10.1. The fourth-order valence-corrected chi connectivity index (χ4v) is 2.08. The molecule has 0 saturated heterocycles. The van der Waals surface area contributed by atoms with E-state index in [9.17, 15) is 0 Å². The van der Waals surface area contributed by atoms with E-state index in [-0.39, 0.29) is 5.54 Å². The van der Waals surface area contributed by atoms with Crippen molar-refractivity contribution >= 4 is 0 Å². The highest BCUT2D eigenvalue weighted by molar-refractivity contribution is 5.19. The Morgan fingerprint density at radius 1 is 1.24 bits per heavy atom. The first-order chi connectivity index (χ1) is 8.26. The Morgan fingerprint density at radius 2 is 2.00 bits per heavy atom. The fourth-order valence-electron chi connectivity index (χ4n) is 2.08. The predicted octanol–water partition coefficient (Wildman–Crippen LogP) is 2.00. The predicted molar refractivity (Wildman–Crippen MR) is 63.3 cm³/mol. The normalized spacial score (nSPS) is 17.7. The van der Waals surface area contributed by atoms with Crippen LogP contribution < -0.4 is 5.73 Å². The number of benzene rings is 1. The lowest BCUT2D eigenvalue weighted by Crippen LogP contribution is -2.43. The first kappa shape index (κ1) is 10.5. The summed E-state index contributed by atoms with van der Waals surface area (Å²) in [6.45, 7) is 0. The van der Waals surface area contributed by atoms with Crippen LogP contribution in [0, 0.1) is 0 Å². The molecule has 0 radical (unpaired) electrons. The van der Waals surface area contributed by atoms with Gasteiger partial charge >= 0.3 is 0 Å². The quantitative estimate of drug-likeness (QED) is 0.874. The molecule has 3 rings (SSSR count). The minimum atomic E-state index is -0.359. The first-order valence-electron chi connectivity index (χ1n) is 5.92. The molecule has 17 heavy (non-hydrogen) atoms. The molecule has 1 heterocycles. The Morgan fingerprint density at radius 3 is 2.65 bits per heavy atom. The number of aromatic nitrogens is 2. The van der Waals surface area contributed by atoms with Gasteiger partial charge in [-0.2, -0.15) is 4.98 Å². The van der Waals surface area contributed by atoms with Gasteiger partial charge < -0.3 is 10.3 Å². The maximum atomic E-state index is 6.13. The Balaban J connectivity index is 1.77. The molecule has 1 saturated carbocycles. The zero-order valence-corrected chi connectivity index (χ0v) is 9.60. The topological polar surface area (TPSA) is 64.9 Å². The smallest absolute Gasteiger partial charge is 0.246 e. The molecular weight excluding hydrogens is 214 g/mol. The molecule has 88 valence electrons. The molecule has 4 heteroatoms. The summed E-state index contributed by atoms with van der Waals surface area (Å²) in [5.41, 5.74) is 6.96. The van der Waals surface area contributed by atoms with E-state index < -0.39 is 0 Å². The number of rotatable bonds is 3. The molecule has 1 aliphatic rings. The molecule has 2 N–H and O–H groups in total. The maximum Gasteiger partial charge on any atom is 0.246 e. The standard InChI is InChI=1S/C13H15N3O/c14-13(7-4-8-13)12-15-11(16-17-12)9-10-5-2-1-3-6-10/h1-3,5-6H,4,7-9,14H2. The van der Waals surface area contributed by atoms with Crippen molar-refractivity contribution in [1.82, 2.24) is 10.1 Å². The van der Waals surface area contributed by atoms with E-state index in [1.165, 1.54) is 5.56 Å². The molecule has 0 aliphatic heterocycles. The maximum absolute atomic E-state index is 6.13.